The van der Waals surface area contributed by atoms with Gasteiger partial charge in [0.2, 0.25) is 0 Å². The van der Waals surface area contributed by atoms with Gasteiger partial charge in [-0.2, -0.15) is 0 Å². The number of carboxylic acids is 2. The average molecular weight is 248 g/mol. The van der Waals surface area contributed by atoms with Crippen LogP contribution in [-0.2, 0) is 9.59 Å². The molecule has 0 aromatic rings. The molecule has 0 heterocycles. The molecule has 0 saturated heterocycles. The molecular formula is C11H24N2O4. The highest BCUT2D eigenvalue weighted by Crippen LogP contribution is 1.94. The first kappa shape index (κ1) is 18.2. The standard InChI is InChI=1S/C6H13NO2.C5H11NO2/c1-2-3-4-5(7)6(8)9;1-2-3-4(6)5(7)8/h5H,2-4,7H2,1H3,(H,8,9);4H,2-3,6H2,1H3,(H,7,8)/t5-;4-/m10/s1. The van der Waals surface area contributed by atoms with Crippen LogP contribution < -0.4 is 21.7 Å². The van der Waals surface area contributed by atoms with Crippen molar-refractivity contribution in [1.29, 1.82) is 0 Å². The minimum Gasteiger partial charge on any atom is -0.544 e. The van der Waals surface area contributed by atoms with Crippen LogP contribution in [0.15, 0.2) is 0 Å². The molecule has 0 spiro atoms. The monoisotopic (exact) mass is 248 g/mol. The van der Waals surface area contributed by atoms with E-state index in [1.807, 2.05) is 13.8 Å². The van der Waals surface area contributed by atoms with E-state index in [9.17, 15) is 19.8 Å². The Morgan fingerprint density at radius 1 is 0.941 bits per heavy atom. The Balaban J connectivity index is 0. The number of hydrogen-bond acceptors (Lipinski definition) is 4. The molecule has 0 aromatic carbocycles. The predicted molar refractivity (Wildman–Crippen MR) is 57.8 cm³/mol. The summed E-state index contributed by atoms with van der Waals surface area (Å²) in [5.74, 6) is -2.09. The van der Waals surface area contributed by atoms with E-state index in [0.717, 1.165) is 19.3 Å². The van der Waals surface area contributed by atoms with Gasteiger partial charge in [-0.25, -0.2) is 0 Å². The van der Waals surface area contributed by atoms with Crippen LogP contribution in [0.25, 0.3) is 0 Å². The van der Waals surface area contributed by atoms with Gasteiger partial charge in [0.15, 0.2) is 0 Å². The molecule has 0 aliphatic heterocycles. The fourth-order valence-electron chi connectivity index (χ4n) is 1.03. The summed E-state index contributed by atoms with van der Waals surface area (Å²) < 4.78 is 0. The summed E-state index contributed by atoms with van der Waals surface area (Å²) in [5.41, 5.74) is 6.78. The first-order valence-corrected chi connectivity index (χ1v) is 5.94. The van der Waals surface area contributed by atoms with Crippen molar-refractivity contribution in [2.45, 2.75) is 58.0 Å². The zero-order valence-electron chi connectivity index (χ0n) is 10.7. The molecule has 0 saturated carbocycles. The van der Waals surface area contributed by atoms with Crippen molar-refractivity contribution in [3.8, 4) is 0 Å². The normalized spacial score (nSPS) is 13.2. The quantitative estimate of drug-likeness (QED) is 0.487. The van der Waals surface area contributed by atoms with E-state index < -0.39 is 24.0 Å². The molecule has 0 radical (unpaired) electrons. The van der Waals surface area contributed by atoms with Crippen molar-refractivity contribution in [2.24, 2.45) is 0 Å². The van der Waals surface area contributed by atoms with Gasteiger partial charge in [-0.1, -0.05) is 26.7 Å². The van der Waals surface area contributed by atoms with Gasteiger partial charge in [-0.05, 0) is 6.42 Å². The van der Waals surface area contributed by atoms with Gasteiger partial charge in [-0.15, -0.1) is 0 Å². The number of carbonyl (C=O) groups excluding carboxylic acids is 2. The van der Waals surface area contributed by atoms with Crippen molar-refractivity contribution in [3.63, 3.8) is 0 Å². The molecule has 0 aromatic heterocycles. The largest absolute Gasteiger partial charge is 0.544 e. The van der Waals surface area contributed by atoms with Gasteiger partial charge in [0.05, 0.1) is 11.9 Å². The van der Waals surface area contributed by atoms with Gasteiger partial charge < -0.3 is 31.3 Å². The molecule has 0 rings (SSSR count). The maximum Gasteiger partial charge on any atom is 0.124 e. The minimum atomic E-state index is -1.05. The van der Waals surface area contributed by atoms with E-state index in [4.69, 9.17) is 0 Å². The van der Waals surface area contributed by atoms with E-state index in [2.05, 4.69) is 11.5 Å². The topological polar surface area (TPSA) is 136 Å². The second-order valence-electron chi connectivity index (χ2n) is 3.96. The summed E-state index contributed by atoms with van der Waals surface area (Å²) in [4.78, 5) is 19.9. The highest BCUT2D eigenvalue weighted by atomic mass is 16.4. The van der Waals surface area contributed by atoms with Gasteiger partial charge in [0.25, 0.3) is 0 Å². The van der Waals surface area contributed by atoms with E-state index in [1.165, 1.54) is 0 Å². The zero-order chi connectivity index (χ0) is 13.8. The number of carbonyl (C=O) groups is 2. The van der Waals surface area contributed by atoms with E-state index in [-0.39, 0.29) is 0 Å². The molecule has 0 amide bonds. The van der Waals surface area contributed by atoms with Crippen LogP contribution in [0.4, 0.5) is 0 Å². The van der Waals surface area contributed by atoms with Crippen molar-refractivity contribution in [3.05, 3.63) is 0 Å². The molecule has 102 valence electrons. The smallest absolute Gasteiger partial charge is 0.124 e. The number of aliphatic carboxylic acids is 2. The van der Waals surface area contributed by atoms with Crippen LogP contribution in [0, 0.1) is 0 Å². The van der Waals surface area contributed by atoms with Crippen molar-refractivity contribution in [1.82, 2.24) is 0 Å². The van der Waals surface area contributed by atoms with Gasteiger partial charge in [-0.3, -0.25) is 0 Å². The molecule has 6 N–H and O–H groups in total. The van der Waals surface area contributed by atoms with E-state index in [1.54, 1.807) is 0 Å². The molecule has 0 aliphatic carbocycles. The third kappa shape index (κ3) is 12.8. The lowest BCUT2D eigenvalue weighted by molar-refractivity contribution is -0.438. The van der Waals surface area contributed by atoms with Crippen LogP contribution in [-0.4, -0.2) is 24.0 Å². The van der Waals surface area contributed by atoms with Gasteiger partial charge in [0.1, 0.15) is 12.1 Å². The van der Waals surface area contributed by atoms with Crippen molar-refractivity contribution < 1.29 is 31.3 Å². The summed E-state index contributed by atoms with van der Waals surface area (Å²) >= 11 is 0. The first-order chi connectivity index (χ1) is 7.86. The Morgan fingerprint density at radius 2 is 1.35 bits per heavy atom. The van der Waals surface area contributed by atoms with Crippen LogP contribution in [0.5, 0.6) is 0 Å². The lowest BCUT2D eigenvalue weighted by atomic mass is 10.1. The number of quaternary nitrogens is 2. The van der Waals surface area contributed by atoms with E-state index in [0.29, 0.717) is 12.8 Å². The Labute approximate surface area is 102 Å². The Morgan fingerprint density at radius 3 is 1.59 bits per heavy atom. The minimum absolute atomic E-state index is 0.523. The molecule has 0 bridgehead atoms. The summed E-state index contributed by atoms with van der Waals surface area (Å²) in [6.07, 6.45) is 4.03. The second kappa shape index (κ2) is 11.3. The van der Waals surface area contributed by atoms with Crippen LogP contribution in [0.2, 0.25) is 0 Å². The highest BCUT2D eigenvalue weighted by Gasteiger charge is 2.04. The average Bonchev–Trinajstić information content (AvgIpc) is 2.26. The molecule has 0 aliphatic rings. The third-order valence-corrected chi connectivity index (χ3v) is 2.21. The predicted octanol–water partition coefficient (Wildman–Crippen LogP) is -3.32. The van der Waals surface area contributed by atoms with Gasteiger partial charge >= 0.3 is 0 Å². The molecule has 6 nitrogen and oxygen atoms in total. The molecule has 0 unspecified atom stereocenters. The fourth-order valence-corrected chi connectivity index (χ4v) is 1.03. The highest BCUT2D eigenvalue weighted by molar-refractivity contribution is 5.69. The summed E-state index contributed by atoms with van der Waals surface area (Å²) in [6, 6.07) is -1.05. The maximum absolute atomic E-state index is 10.0. The number of unbranched alkanes of at least 4 members (excludes halogenated alkanes) is 1. The number of rotatable bonds is 7. The fraction of sp³-hybridized carbons (Fsp3) is 0.818. The Bertz CT molecular complexity index is 222. The van der Waals surface area contributed by atoms with Crippen molar-refractivity contribution in [2.75, 3.05) is 0 Å². The molecule has 0 fully saturated rings. The summed E-state index contributed by atoms with van der Waals surface area (Å²) in [5, 5.41) is 19.9. The molecule has 2 atom stereocenters. The van der Waals surface area contributed by atoms with Crippen LogP contribution >= 0.6 is 0 Å². The Hall–Kier alpha value is -1.14. The Kier molecular flexibility index (Phi) is 12.2. The zero-order valence-corrected chi connectivity index (χ0v) is 10.7. The van der Waals surface area contributed by atoms with Gasteiger partial charge in [0, 0.05) is 12.8 Å². The summed E-state index contributed by atoms with van der Waals surface area (Å²) in [6.45, 7) is 3.93. The number of hydrogen-bond donors (Lipinski definition) is 2. The van der Waals surface area contributed by atoms with Crippen LogP contribution in [0.1, 0.15) is 46.0 Å². The first-order valence-electron chi connectivity index (χ1n) is 5.94. The second-order valence-corrected chi connectivity index (χ2v) is 3.96. The maximum atomic E-state index is 10.0. The van der Waals surface area contributed by atoms with Crippen molar-refractivity contribution >= 4 is 11.9 Å². The molecule has 6 heteroatoms. The van der Waals surface area contributed by atoms with Crippen LogP contribution in [0.3, 0.4) is 0 Å². The number of carboxylic acid groups (broad SMARTS) is 2. The molecular weight excluding hydrogens is 224 g/mol. The lowest BCUT2D eigenvalue weighted by Gasteiger charge is -2.06. The SMILES string of the molecule is CCCC[C@@H]([NH3+])C(=O)[O-].CCC[C@H]([NH3+])C(=O)[O-]. The third-order valence-electron chi connectivity index (χ3n) is 2.21. The summed E-state index contributed by atoms with van der Waals surface area (Å²) in [7, 11) is 0. The lowest BCUT2D eigenvalue weighted by Crippen LogP contribution is -2.68. The molecule has 17 heavy (non-hydrogen) atoms. The van der Waals surface area contributed by atoms with E-state index >= 15 is 0 Å².